The lowest BCUT2D eigenvalue weighted by atomic mass is 9.88. The van der Waals surface area contributed by atoms with Crippen LogP contribution in [-0.2, 0) is 25.5 Å². The van der Waals surface area contributed by atoms with Crippen molar-refractivity contribution in [1.82, 2.24) is 0 Å². The number of aliphatic hydroxyl groups is 2. The molecule has 1 aliphatic rings. The summed E-state index contributed by atoms with van der Waals surface area (Å²) in [6, 6.07) is 3.03. The third-order valence-corrected chi connectivity index (χ3v) is 6.25. The van der Waals surface area contributed by atoms with E-state index in [2.05, 4.69) is 9.47 Å². The predicted octanol–water partition coefficient (Wildman–Crippen LogP) is 0.652. The normalized spacial score (nSPS) is 18.7. The maximum absolute atomic E-state index is 12.9. The smallest absolute Gasteiger partial charge is 0.339 e. The highest BCUT2D eigenvalue weighted by atomic mass is 32.2. The van der Waals surface area contributed by atoms with E-state index in [0.29, 0.717) is 5.56 Å². The monoisotopic (exact) mass is 424 g/mol. The molecule has 0 spiro atoms. The Morgan fingerprint density at radius 3 is 2.66 bits per heavy atom. The summed E-state index contributed by atoms with van der Waals surface area (Å²) in [5, 5.41) is 30.4. The van der Waals surface area contributed by atoms with Crippen LogP contribution in [0.1, 0.15) is 17.5 Å². The third-order valence-electron chi connectivity index (χ3n) is 4.86. The zero-order valence-electron chi connectivity index (χ0n) is 15.9. The Morgan fingerprint density at radius 1 is 1.34 bits per heavy atom. The first-order chi connectivity index (χ1) is 13.6. The van der Waals surface area contributed by atoms with Gasteiger partial charge in [0.15, 0.2) is 16.8 Å². The van der Waals surface area contributed by atoms with Crippen LogP contribution in [0.25, 0.3) is 11.0 Å². The van der Waals surface area contributed by atoms with E-state index in [4.69, 9.17) is 4.42 Å². The van der Waals surface area contributed by atoms with Crippen molar-refractivity contribution in [2.75, 3.05) is 14.2 Å². The zero-order chi connectivity index (χ0) is 21.5. The quantitative estimate of drug-likeness (QED) is 0.585. The second kappa shape index (κ2) is 7.69. The molecule has 9 nitrogen and oxygen atoms in total. The van der Waals surface area contributed by atoms with Crippen molar-refractivity contribution >= 4 is 34.7 Å². The van der Waals surface area contributed by atoms with Gasteiger partial charge in [0.25, 0.3) is 0 Å². The maximum Gasteiger partial charge on any atom is 0.339 e. The topological polar surface area (TPSA) is 144 Å². The molecule has 1 aromatic carbocycles. The number of hydrogen-bond acceptors (Lipinski definition) is 10. The molecule has 0 unspecified atom stereocenters. The molecule has 2 aromatic rings. The Bertz CT molecular complexity index is 1040. The van der Waals surface area contributed by atoms with Crippen molar-refractivity contribution in [2.45, 2.75) is 41.8 Å². The number of benzene rings is 1. The van der Waals surface area contributed by atoms with Crippen LogP contribution in [0.15, 0.2) is 26.4 Å². The fourth-order valence-corrected chi connectivity index (χ4v) is 4.73. The molecular weight excluding hydrogens is 404 g/mol. The Labute approximate surface area is 169 Å². The number of aromatic hydroxyl groups is 1. The van der Waals surface area contributed by atoms with Crippen LogP contribution in [-0.4, -0.2) is 58.4 Å². The molecule has 156 valence electrons. The highest BCUT2D eigenvalue weighted by molar-refractivity contribution is 8.00. The number of phenolic OH excluding ortho intramolecular Hbond substituents is 1. The molecule has 0 saturated heterocycles. The minimum Gasteiger partial charge on any atom is -0.507 e. The van der Waals surface area contributed by atoms with Crippen LogP contribution in [0.4, 0.5) is 0 Å². The molecule has 10 heteroatoms. The standard InChI is InChI=1S/C19H20O9S/c1-8-4-10(20)14-12(5-8)28-17-9(15(14)22)6-13(29-17)19(25,18(24)27-3)7-11(21)16(23)26-2/h4-5,11,13,20-21,25H,6-7H2,1-3H3/t11-,13-,19-/m1/s1. The molecule has 2 heterocycles. The first-order valence-corrected chi connectivity index (χ1v) is 9.53. The number of carbonyl (C=O) groups excluding carboxylic acids is 2. The molecule has 1 aromatic heterocycles. The summed E-state index contributed by atoms with van der Waals surface area (Å²) in [6.45, 7) is 1.73. The predicted molar refractivity (Wildman–Crippen MR) is 102 cm³/mol. The molecule has 29 heavy (non-hydrogen) atoms. The summed E-state index contributed by atoms with van der Waals surface area (Å²) in [7, 11) is 2.12. The van der Waals surface area contributed by atoms with E-state index in [1.54, 1.807) is 13.0 Å². The largest absolute Gasteiger partial charge is 0.507 e. The number of aliphatic hydroxyl groups excluding tert-OH is 1. The van der Waals surface area contributed by atoms with Crippen molar-refractivity contribution in [3.63, 3.8) is 0 Å². The van der Waals surface area contributed by atoms with Crippen molar-refractivity contribution in [3.8, 4) is 5.75 Å². The highest BCUT2D eigenvalue weighted by Gasteiger charge is 2.51. The van der Waals surface area contributed by atoms with Gasteiger partial charge >= 0.3 is 11.9 Å². The van der Waals surface area contributed by atoms with Gasteiger partial charge in [-0.25, -0.2) is 9.59 Å². The number of carbonyl (C=O) groups is 2. The lowest BCUT2D eigenvalue weighted by molar-refractivity contribution is -0.169. The van der Waals surface area contributed by atoms with Crippen molar-refractivity contribution < 1.29 is 38.8 Å². The minimum atomic E-state index is -2.29. The zero-order valence-corrected chi connectivity index (χ0v) is 16.7. The van der Waals surface area contributed by atoms with E-state index in [1.165, 1.54) is 6.07 Å². The van der Waals surface area contributed by atoms with Crippen LogP contribution in [0.3, 0.4) is 0 Å². The minimum absolute atomic E-state index is 0.00630. The van der Waals surface area contributed by atoms with Crippen molar-refractivity contribution in [1.29, 1.82) is 0 Å². The molecule has 0 bridgehead atoms. The van der Waals surface area contributed by atoms with Crippen molar-refractivity contribution in [3.05, 3.63) is 33.5 Å². The number of esters is 2. The third kappa shape index (κ3) is 3.59. The van der Waals surface area contributed by atoms with Gasteiger partial charge in [-0.2, -0.15) is 0 Å². The lowest BCUT2D eigenvalue weighted by Crippen LogP contribution is -2.52. The van der Waals surface area contributed by atoms with Gasteiger partial charge in [-0.1, -0.05) is 11.8 Å². The van der Waals surface area contributed by atoms with Crippen LogP contribution in [0.5, 0.6) is 5.75 Å². The summed E-state index contributed by atoms with van der Waals surface area (Å²) in [4.78, 5) is 36.8. The fourth-order valence-electron chi connectivity index (χ4n) is 3.38. The van der Waals surface area contributed by atoms with E-state index in [0.717, 1.165) is 26.0 Å². The Morgan fingerprint density at radius 2 is 2.03 bits per heavy atom. The molecule has 0 radical (unpaired) electrons. The van der Waals surface area contributed by atoms with Crippen molar-refractivity contribution in [2.24, 2.45) is 0 Å². The van der Waals surface area contributed by atoms with Gasteiger partial charge < -0.3 is 29.2 Å². The average molecular weight is 424 g/mol. The van der Waals surface area contributed by atoms with Crippen LogP contribution < -0.4 is 5.43 Å². The number of aryl methyl sites for hydroxylation is 1. The van der Waals surface area contributed by atoms with E-state index in [-0.39, 0.29) is 33.8 Å². The van der Waals surface area contributed by atoms with Gasteiger partial charge in [0.2, 0.25) is 5.43 Å². The Kier molecular flexibility index (Phi) is 5.61. The molecule has 3 atom stereocenters. The average Bonchev–Trinajstić information content (AvgIpc) is 3.10. The number of rotatable bonds is 5. The highest BCUT2D eigenvalue weighted by Crippen LogP contribution is 2.44. The molecule has 3 rings (SSSR count). The number of phenols is 1. The first-order valence-electron chi connectivity index (χ1n) is 8.65. The summed E-state index contributed by atoms with van der Waals surface area (Å²) in [5.74, 6) is -2.32. The molecule has 3 N–H and O–H groups in total. The number of fused-ring (bicyclic) bond motifs is 2. The van der Waals surface area contributed by atoms with E-state index >= 15 is 0 Å². The van der Waals surface area contributed by atoms with E-state index in [9.17, 15) is 29.7 Å². The number of methoxy groups -OCH3 is 2. The van der Waals surface area contributed by atoms with Crippen LogP contribution in [0.2, 0.25) is 0 Å². The molecule has 1 aliphatic heterocycles. The van der Waals surface area contributed by atoms with Gasteiger partial charge in [-0.3, -0.25) is 4.79 Å². The Hall–Kier alpha value is -2.56. The maximum atomic E-state index is 12.9. The summed E-state index contributed by atoms with van der Waals surface area (Å²) < 4.78 is 14.9. The van der Waals surface area contributed by atoms with E-state index in [1.807, 2.05) is 0 Å². The molecular formula is C19H20O9S. The lowest BCUT2D eigenvalue weighted by Gasteiger charge is -2.31. The molecule has 0 amide bonds. The van der Waals surface area contributed by atoms with Gasteiger partial charge in [-0.15, -0.1) is 0 Å². The Balaban J connectivity index is 2.04. The number of thioether (sulfide) groups is 1. The summed E-state index contributed by atoms with van der Waals surface area (Å²) in [6.07, 6.45) is -2.55. The first kappa shape index (κ1) is 21.2. The van der Waals surface area contributed by atoms with Crippen LogP contribution >= 0.6 is 11.8 Å². The number of ether oxygens (including phenoxy) is 2. The van der Waals surface area contributed by atoms with Gasteiger partial charge in [0, 0.05) is 6.42 Å². The number of hydrogen-bond donors (Lipinski definition) is 3. The molecule has 0 fully saturated rings. The summed E-state index contributed by atoms with van der Waals surface area (Å²) >= 11 is 0.926. The molecule has 0 saturated carbocycles. The SMILES string of the molecule is COC(=O)[C@H](O)C[C@](O)(C(=O)OC)[C@H]1Cc2c(oc3cc(C)cc(O)c3c2=O)S1. The van der Waals surface area contributed by atoms with Gasteiger partial charge in [0.05, 0.1) is 25.0 Å². The van der Waals surface area contributed by atoms with E-state index < -0.39 is 40.7 Å². The van der Waals surface area contributed by atoms with Gasteiger partial charge in [-0.05, 0) is 31.0 Å². The van der Waals surface area contributed by atoms with Crippen LogP contribution in [0, 0.1) is 6.92 Å². The fraction of sp³-hybridized carbons (Fsp3) is 0.421. The second-order valence-electron chi connectivity index (χ2n) is 6.82. The molecule has 0 aliphatic carbocycles. The second-order valence-corrected chi connectivity index (χ2v) is 8.00. The summed E-state index contributed by atoms with van der Waals surface area (Å²) in [5.41, 5.74) is -1.73. The van der Waals surface area contributed by atoms with Gasteiger partial charge in [0.1, 0.15) is 16.7 Å².